The molecule has 0 saturated heterocycles. The van der Waals surface area contributed by atoms with Crippen LogP contribution in [0.25, 0.3) is 22.2 Å². The predicted octanol–water partition coefficient (Wildman–Crippen LogP) is 5.64. The highest BCUT2D eigenvalue weighted by atomic mass is 35.5. The molecule has 1 heterocycles. The molecule has 0 bridgehead atoms. The van der Waals surface area contributed by atoms with Crippen molar-refractivity contribution in [2.45, 2.75) is 40.2 Å². The third-order valence-electron chi connectivity index (χ3n) is 4.07. The van der Waals surface area contributed by atoms with Crippen molar-refractivity contribution in [3.63, 3.8) is 0 Å². The van der Waals surface area contributed by atoms with Crippen LogP contribution in [0.2, 0.25) is 5.02 Å². The number of rotatable bonds is 4. The molecule has 0 saturated carbocycles. The van der Waals surface area contributed by atoms with E-state index in [0.29, 0.717) is 0 Å². The summed E-state index contributed by atoms with van der Waals surface area (Å²) in [4.78, 5) is 4.86. The molecule has 0 aliphatic heterocycles. The van der Waals surface area contributed by atoms with E-state index in [2.05, 4.69) is 43.5 Å². The Hall–Kier alpha value is -1.80. The summed E-state index contributed by atoms with van der Waals surface area (Å²) in [6, 6.07) is 12.5. The maximum Gasteiger partial charge on any atom is 0.109 e. The van der Waals surface area contributed by atoms with Crippen molar-refractivity contribution in [1.82, 2.24) is 9.55 Å². The summed E-state index contributed by atoms with van der Waals surface area (Å²) in [6.07, 6.45) is 2.14. The van der Waals surface area contributed by atoms with Crippen LogP contribution in [0.5, 0.6) is 0 Å². The molecular weight excluding hydrogens is 292 g/mol. The van der Waals surface area contributed by atoms with E-state index >= 15 is 0 Å². The molecule has 0 radical (unpaired) electrons. The number of fused-ring (bicyclic) bond motifs is 1. The maximum absolute atomic E-state index is 6.14. The minimum absolute atomic E-state index is 0.769. The highest BCUT2D eigenvalue weighted by Gasteiger charge is 2.12. The van der Waals surface area contributed by atoms with Gasteiger partial charge in [0.15, 0.2) is 0 Å². The fourth-order valence-electron chi connectivity index (χ4n) is 3.04. The molecule has 0 aliphatic carbocycles. The van der Waals surface area contributed by atoms with Gasteiger partial charge in [-0.25, -0.2) is 4.98 Å². The van der Waals surface area contributed by atoms with E-state index in [-0.39, 0.29) is 0 Å². The third-order valence-corrected chi connectivity index (χ3v) is 4.31. The van der Waals surface area contributed by atoms with E-state index in [0.717, 1.165) is 35.5 Å². The quantitative estimate of drug-likeness (QED) is 0.609. The van der Waals surface area contributed by atoms with E-state index in [9.17, 15) is 0 Å². The number of nitrogens with zero attached hydrogens (tertiary/aromatic N) is 2. The molecule has 0 atom stereocenters. The zero-order chi connectivity index (χ0) is 15.7. The Labute approximate surface area is 136 Å². The van der Waals surface area contributed by atoms with Gasteiger partial charge in [-0.1, -0.05) is 30.7 Å². The number of hydrogen-bond acceptors (Lipinski definition) is 1. The molecule has 0 aliphatic rings. The Morgan fingerprint density at radius 1 is 1.09 bits per heavy atom. The number of aryl methyl sites for hydroxylation is 3. The summed E-state index contributed by atoms with van der Waals surface area (Å²) in [5.74, 6) is 1.19. The Bertz CT molecular complexity index is 818. The minimum atomic E-state index is 0.769. The molecule has 22 heavy (non-hydrogen) atoms. The van der Waals surface area contributed by atoms with Crippen molar-refractivity contribution in [2.75, 3.05) is 0 Å². The third kappa shape index (κ3) is 2.64. The Kier molecular flexibility index (Phi) is 4.21. The van der Waals surface area contributed by atoms with Crippen molar-refractivity contribution in [1.29, 1.82) is 0 Å². The number of aromatic nitrogens is 2. The normalized spacial score (nSPS) is 11.3. The summed E-state index contributed by atoms with van der Waals surface area (Å²) in [6.45, 7) is 7.47. The molecule has 3 heteroatoms. The van der Waals surface area contributed by atoms with Gasteiger partial charge in [0.05, 0.1) is 11.0 Å². The van der Waals surface area contributed by atoms with Gasteiger partial charge in [0.1, 0.15) is 5.82 Å². The summed E-state index contributed by atoms with van der Waals surface area (Å²) in [5, 5.41) is 0.769. The summed E-state index contributed by atoms with van der Waals surface area (Å²) in [7, 11) is 0. The van der Waals surface area contributed by atoms with Crippen LogP contribution >= 0.6 is 11.6 Å². The zero-order valence-corrected chi connectivity index (χ0v) is 14.1. The standard InChI is InChI=1S/C19H21ClN2/c1-4-7-18-21-19-13(3)10-15(12-17(19)22(18)5-2)14-8-6-9-16(20)11-14/h6,8-12H,4-5,7H2,1-3H3. The van der Waals surface area contributed by atoms with Gasteiger partial charge < -0.3 is 4.57 Å². The average Bonchev–Trinajstić information content (AvgIpc) is 2.85. The minimum Gasteiger partial charge on any atom is -0.328 e. The highest BCUT2D eigenvalue weighted by Crippen LogP contribution is 2.29. The van der Waals surface area contributed by atoms with E-state index in [4.69, 9.17) is 16.6 Å². The Morgan fingerprint density at radius 3 is 2.59 bits per heavy atom. The largest absolute Gasteiger partial charge is 0.328 e. The number of imidazole rings is 1. The lowest BCUT2D eigenvalue weighted by molar-refractivity contribution is 0.701. The highest BCUT2D eigenvalue weighted by molar-refractivity contribution is 6.30. The van der Waals surface area contributed by atoms with Crippen molar-refractivity contribution in [3.8, 4) is 11.1 Å². The lowest BCUT2D eigenvalue weighted by Gasteiger charge is -2.08. The van der Waals surface area contributed by atoms with Gasteiger partial charge in [0, 0.05) is 18.0 Å². The van der Waals surface area contributed by atoms with Crippen LogP contribution < -0.4 is 0 Å². The van der Waals surface area contributed by atoms with Crippen LogP contribution in [0, 0.1) is 6.92 Å². The second-order valence-electron chi connectivity index (χ2n) is 5.69. The number of halogens is 1. The first-order valence-corrected chi connectivity index (χ1v) is 8.27. The molecule has 0 amide bonds. The molecule has 2 aromatic carbocycles. The van der Waals surface area contributed by atoms with Gasteiger partial charge >= 0.3 is 0 Å². The summed E-state index contributed by atoms with van der Waals surface area (Å²) in [5.41, 5.74) is 5.91. The van der Waals surface area contributed by atoms with Gasteiger partial charge in [0.25, 0.3) is 0 Å². The van der Waals surface area contributed by atoms with Crippen molar-refractivity contribution in [3.05, 3.63) is 52.8 Å². The molecule has 2 nitrogen and oxygen atoms in total. The molecule has 0 fully saturated rings. The van der Waals surface area contributed by atoms with E-state index in [1.807, 2.05) is 18.2 Å². The Morgan fingerprint density at radius 2 is 1.91 bits per heavy atom. The molecule has 3 aromatic rings. The smallest absolute Gasteiger partial charge is 0.109 e. The molecular formula is C19H21ClN2. The fraction of sp³-hybridized carbons (Fsp3) is 0.316. The first kappa shape index (κ1) is 15.1. The number of benzene rings is 2. The van der Waals surface area contributed by atoms with Gasteiger partial charge in [-0.2, -0.15) is 0 Å². The van der Waals surface area contributed by atoms with Crippen LogP contribution in [0.4, 0.5) is 0 Å². The second kappa shape index (κ2) is 6.13. The monoisotopic (exact) mass is 312 g/mol. The van der Waals surface area contributed by atoms with E-state index in [1.54, 1.807) is 0 Å². The van der Waals surface area contributed by atoms with Gasteiger partial charge in [0.2, 0.25) is 0 Å². The molecule has 0 N–H and O–H groups in total. The first-order valence-electron chi connectivity index (χ1n) is 7.89. The lowest BCUT2D eigenvalue weighted by atomic mass is 10.0. The maximum atomic E-state index is 6.14. The second-order valence-corrected chi connectivity index (χ2v) is 6.13. The van der Waals surface area contributed by atoms with E-state index < -0.39 is 0 Å². The predicted molar refractivity (Wildman–Crippen MR) is 94.6 cm³/mol. The van der Waals surface area contributed by atoms with Gasteiger partial charge in [-0.3, -0.25) is 0 Å². The van der Waals surface area contributed by atoms with Crippen LogP contribution in [-0.2, 0) is 13.0 Å². The first-order chi connectivity index (χ1) is 10.6. The Balaban J connectivity index is 2.22. The molecule has 0 spiro atoms. The van der Waals surface area contributed by atoms with Gasteiger partial charge in [-0.15, -0.1) is 0 Å². The summed E-state index contributed by atoms with van der Waals surface area (Å²) >= 11 is 6.14. The van der Waals surface area contributed by atoms with Gasteiger partial charge in [-0.05, 0) is 61.2 Å². The topological polar surface area (TPSA) is 17.8 Å². The fourth-order valence-corrected chi connectivity index (χ4v) is 3.23. The van der Waals surface area contributed by atoms with Crippen LogP contribution in [0.1, 0.15) is 31.7 Å². The van der Waals surface area contributed by atoms with Crippen LogP contribution in [-0.4, -0.2) is 9.55 Å². The SMILES string of the molecule is CCCc1nc2c(C)cc(-c3cccc(Cl)c3)cc2n1CC. The lowest BCUT2D eigenvalue weighted by Crippen LogP contribution is -2.01. The van der Waals surface area contributed by atoms with Crippen LogP contribution in [0.3, 0.4) is 0 Å². The zero-order valence-electron chi connectivity index (χ0n) is 13.4. The number of hydrogen-bond donors (Lipinski definition) is 0. The van der Waals surface area contributed by atoms with Crippen molar-refractivity contribution < 1.29 is 0 Å². The molecule has 0 unspecified atom stereocenters. The van der Waals surface area contributed by atoms with Crippen molar-refractivity contribution in [2.24, 2.45) is 0 Å². The molecule has 114 valence electrons. The van der Waals surface area contributed by atoms with E-state index in [1.165, 1.54) is 22.5 Å². The summed E-state index contributed by atoms with van der Waals surface area (Å²) < 4.78 is 2.33. The average molecular weight is 313 g/mol. The van der Waals surface area contributed by atoms with Crippen LogP contribution in [0.15, 0.2) is 36.4 Å². The molecule has 3 rings (SSSR count). The van der Waals surface area contributed by atoms with Crippen molar-refractivity contribution >= 4 is 22.6 Å². The molecule has 1 aromatic heterocycles.